The van der Waals surface area contributed by atoms with Gasteiger partial charge in [-0.2, -0.15) is 5.10 Å². The SMILES string of the molecule is C/C(=N\N)C1CC1C. The van der Waals surface area contributed by atoms with E-state index in [-0.39, 0.29) is 0 Å². The lowest BCUT2D eigenvalue weighted by Crippen LogP contribution is -1.99. The third-order valence-corrected chi connectivity index (χ3v) is 1.85. The van der Waals surface area contributed by atoms with Gasteiger partial charge in [-0.15, -0.1) is 0 Å². The molecule has 0 aromatic heterocycles. The van der Waals surface area contributed by atoms with Crippen LogP contribution in [0.4, 0.5) is 0 Å². The first-order chi connectivity index (χ1) is 3.75. The molecule has 0 heterocycles. The second kappa shape index (κ2) is 1.77. The van der Waals surface area contributed by atoms with E-state index < -0.39 is 0 Å². The van der Waals surface area contributed by atoms with Gasteiger partial charge in [0.05, 0.1) is 0 Å². The van der Waals surface area contributed by atoms with Crippen molar-refractivity contribution in [2.45, 2.75) is 20.3 Å². The van der Waals surface area contributed by atoms with Crippen molar-refractivity contribution in [1.29, 1.82) is 0 Å². The predicted octanol–water partition coefficient (Wildman–Crippen LogP) is 0.977. The van der Waals surface area contributed by atoms with Gasteiger partial charge in [0.15, 0.2) is 0 Å². The van der Waals surface area contributed by atoms with Crippen LogP contribution in [0, 0.1) is 11.8 Å². The van der Waals surface area contributed by atoms with Crippen molar-refractivity contribution < 1.29 is 0 Å². The lowest BCUT2D eigenvalue weighted by atomic mass is 10.2. The molecule has 1 fully saturated rings. The molecule has 8 heavy (non-hydrogen) atoms. The Morgan fingerprint density at radius 2 is 2.25 bits per heavy atom. The summed E-state index contributed by atoms with van der Waals surface area (Å²) in [4.78, 5) is 0. The van der Waals surface area contributed by atoms with E-state index in [1.165, 1.54) is 6.42 Å². The van der Waals surface area contributed by atoms with Crippen molar-refractivity contribution in [1.82, 2.24) is 0 Å². The maximum Gasteiger partial charge on any atom is 0.0378 e. The molecule has 0 aliphatic heterocycles. The predicted molar refractivity (Wildman–Crippen MR) is 34.6 cm³/mol. The zero-order chi connectivity index (χ0) is 6.15. The Balaban J connectivity index is 2.39. The minimum atomic E-state index is 0.708. The summed E-state index contributed by atoms with van der Waals surface area (Å²) < 4.78 is 0. The van der Waals surface area contributed by atoms with E-state index in [1.807, 2.05) is 6.92 Å². The van der Waals surface area contributed by atoms with Gasteiger partial charge in [0.25, 0.3) is 0 Å². The molecule has 0 saturated heterocycles. The molecule has 2 nitrogen and oxygen atoms in total. The van der Waals surface area contributed by atoms with E-state index in [4.69, 9.17) is 5.84 Å². The Morgan fingerprint density at radius 3 is 2.38 bits per heavy atom. The van der Waals surface area contributed by atoms with E-state index in [9.17, 15) is 0 Å². The Kier molecular flexibility index (Phi) is 1.24. The van der Waals surface area contributed by atoms with Crippen LogP contribution in [-0.4, -0.2) is 5.71 Å². The van der Waals surface area contributed by atoms with Crippen LogP contribution in [0.3, 0.4) is 0 Å². The minimum Gasteiger partial charge on any atom is -0.323 e. The topological polar surface area (TPSA) is 38.4 Å². The average Bonchev–Trinajstić information content (AvgIpc) is 2.45. The van der Waals surface area contributed by atoms with Crippen LogP contribution in [0.5, 0.6) is 0 Å². The van der Waals surface area contributed by atoms with Crippen molar-refractivity contribution in [2.75, 3.05) is 0 Å². The summed E-state index contributed by atoms with van der Waals surface area (Å²) in [5, 5.41) is 3.62. The summed E-state index contributed by atoms with van der Waals surface area (Å²) >= 11 is 0. The summed E-state index contributed by atoms with van der Waals surface area (Å²) in [5.74, 6) is 6.61. The molecular formula is C6H12N2. The van der Waals surface area contributed by atoms with E-state index in [0.717, 1.165) is 11.6 Å². The van der Waals surface area contributed by atoms with Crippen molar-refractivity contribution in [3.8, 4) is 0 Å². The maximum atomic E-state index is 5.06. The maximum absolute atomic E-state index is 5.06. The van der Waals surface area contributed by atoms with Crippen LogP contribution < -0.4 is 5.84 Å². The molecule has 0 amide bonds. The minimum absolute atomic E-state index is 0.708. The quantitative estimate of drug-likeness (QED) is 0.306. The lowest BCUT2D eigenvalue weighted by Gasteiger charge is -1.89. The van der Waals surface area contributed by atoms with Gasteiger partial charge in [0, 0.05) is 11.6 Å². The highest BCUT2D eigenvalue weighted by molar-refractivity contribution is 5.86. The lowest BCUT2D eigenvalue weighted by molar-refractivity contribution is 0.916. The number of nitrogens with two attached hydrogens (primary N) is 1. The van der Waals surface area contributed by atoms with Crippen LogP contribution in [0.1, 0.15) is 20.3 Å². The molecule has 0 aromatic rings. The van der Waals surface area contributed by atoms with Gasteiger partial charge in [-0.25, -0.2) is 0 Å². The molecular weight excluding hydrogens is 100 g/mol. The first kappa shape index (κ1) is 5.60. The Morgan fingerprint density at radius 1 is 1.75 bits per heavy atom. The van der Waals surface area contributed by atoms with Crippen LogP contribution in [0.2, 0.25) is 0 Å². The second-order valence-electron chi connectivity index (χ2n) is 2.59. The average molecular weight is 112 g/mol. The fourth-order valence-corrected chi connectivity index (χ4v) is 1.00. The van der Waals surface area contributed by atoms with Crippen molar-refractivity contribution in [3.05, 3.63) is 0 Å². The second-order valence-corrected chi connectivity index (χ2v) is 2.59. The number of rotatable bonds is 1. The Hall–Kier alpha value is -0.530. The molecule has 2 unspecified atom stereocenters. The molecule has 2 N–H and O–H groups in total. The standard InChI is InChI=1S/C6H12N2/c1-4-3-6(4)5(2)8-7/h4,6H,3,7H2,1-2H3/b8-5+. The van der Waals surface area contributed by atoms with E-state index in [0.29, 0.717) is 5.92 Å². The number of hydrazone groups is 1. The van der Waals surface area contributed by atoms with E-state index in [2.05, 4.69) is 12.0 Å². The van der Waals surface area contributed by atoms with Crippen LogP contribution in [-0.2, 0) is 0 Å². The highest BCUT2D eigenvalue weighted by Crippen LogP contribution is 2.38. The molecule has 0 aromatic carbocycles. The molecule has 0 radical (unpaired) electrons. The third kappa shape index (κ3) is 0.831. The first-order valence-electron chi connectivity index (χ1n) is 3.00. The van der Waals surface area contributed by atoms with Gasteiger partial charge in [-0.05, 0) is 19.3 Å². The van der Waals surface area contributed by atoms with Crippen LogP contribution in [0.15, 0.2) is 5.10 Å². The van der Waals surface area contributed by atoms with Gasteiger partial charge in [-0.3, -0.25) is 0 Å². The summed E-state index contributed by atoms with van der Waals surface area (Å²) in [6, 6.07) is 0. The number of hydrogen-bond donors (Lipinski definition) is 1. The fraction of sp³-hybridized carbons (Fsp3) is 0.833. The highest BCUT2D eigenvalue weighted by atomic mass is 15.1. The zero-order valence-electron chi connectivity index (χ0n) is 5.39. The van der Waals surface area contributed by atoms with Crippen LogP contribution >= 0.6 is 0 Å². The number of hydrogen-bond acceptors (Lipinski definition) is 2. The van der Waals surface area contributed by atoms with Crippen molar-refractivity contribution >= 4 is 5.71 Å². The van der Waals surface area contributed by atoms with Crippen molar-refractivity contribution in [3.63, 3.8) is 0 Å². The molecule has 0 bridgehead atoms. The van der Waals surface area contributed by atoms with Gasteiger partial charge in [0.1, 0.15) is 0 Å². The Bertz CT molecular complexity index is 118. The molecule has 2 heteroatoms. The summed E-state index contributed by atoms with van der Waals surface area (Å²) in [6.45, 7) is 4.22. The normalized spacial score (nSPS) is 37.5. The summed E-state index contributed by atoms with van der Waals surface area (Å²) in [5.41, 5.74) is 1.11. The fourth-order valence-electron chi connectivity index (χ4n) is 1.00. The highest BCUT2D eigenvalue weighted by Gasteiger charge is 2.34. The summed E-state index contributed by atoms with van der Waals surface area (Å²) in [7, 11) is 0. The van der Waals surface area contributed by atoms with Gasteiger partial charge >= 0.3 is 0 Å². The third-order valence-electron chi connectivity index (χ3n) is 1.85. The van der Waals surface area contributed by atoms with E-state index >= 15 is 0 Å². The van der Waals surface area contributed by atoms with Gasteiger partial charge < -0.3 is 5.84 Å². The van der Waals surface area contributed by atoms with Gasteiger partial charge in [0.2, 0.25) is 0 Å². The first-order valence-corrected chi connectivity index (χ1v) is 3.00. The van der Waals surface area contributed by atoms with Gasteiger partial charge in [-0.1, -0.05) is 6.92 Å². The largest absolute Gasteiger partial charge is 0.323 e. The molecule has 2 atom stereocenters. The molecule has 46 valence electrons. The Labute approximate surface area is 49.8 Å². The molecule has 1 saturated carbocycles. The molecule has 1 aliphatic rings. The summed E-state index contributed by atoms with van der Waals surface area (Å²) in [6.07, 6.45) is 1.28. The zero-order valence-corrected chi connectivity index (χ0v) is 5.39. The monoisotopic (exact) mass is 112 g/mol. The smallest absolute Gasteiger partial charge is 0.0378 e. The van der Waals surface area contributed by atoms with Crippen molar-refractivity contribution in [2.24, 2.45) is 22.8 Å². The number of nitrogens with zero attached hydrogens (tertiary/aromatic N) is 1. The molecule has 1 aliphatic carbocycles. The molecule has 1 rings (SSSR count). The van der Waals surface area contributed by atoms with E-state index in [1.54, 1.807) is 0 Å². The van der Waals surface area contributed by atoms with Crippen LogP contribution in [0.25, 0.3) is 0 Å². The molecule has 0 spiro atoms.